The molecule has 1 aromatic rings. The summed E-state index contributed by atoms with van der Waals surface area (Å²) in [6, 6.07) is 9.51. The van der Waals surface area contributed by atoms with E-state index < -0.39 is 18.0 Å². The molecule has 0 radical (unpaired) electrons. The number of aliphatic carboxylic acids is 1. The number of amides is 1. The summed E-state index contributed by atoms with van der Waals surface area (Å²) in [4.78, 5) is 25.4. The Bertz CT molecular complexity index is 502. The van der Waals surface area contributed by atoms with Gasteiger partial charge in [-0.25, -0.2) is 0 Å². The first-order valence-corrected chi connectivity index (χ1v) is 7.22. The van der Waals surface area contributed by atoms with Crippen LogP contribution in [0.25, 0.3) is 0 Å². The van der Waals surface area contributed by atoms with Crippen LogP contribution in [-0.2, 0) is 14.3 Å². The Labute approximate surface area is 124 Å². The quantitative estimate of drug-likeness (QED) is 0.897. The second-order valence-corrected chi connectivity index (χ2v) is 5.30. The molecule has 0 saturated carbocycles. The van der Waals surface area contributed by atoms with Crippen LogP contribution < -0.4 is 0 Å². The Morgan fingerprint density at radius 2 is 2.00 bits per heavy atom. The van der Waals surface area contributed by atoms with Gasteiger partial charge in [0.1, 0.15) is 6.10 Å². The number of carboxylic acid groups (broad SMARTS) is 1. The fourth-order valence-electron chi connectivity index (χ4n) is 2.85. The van der Waals surface area contributed by atoms with Crippen molar-refractivity contribution < 1.29 is 19.4 Å². The predicted octanol–water partition coefficient (Wildman–Crippen LogP) is 1.74. The zero-order valence-electron chi connectivity index (χ0n) is 12.4. The minimum atomic E-state index is -0.858. The Kier molecular flexibility index (Phi) is 4.96. The van der Waals surface area contributed by atoms with E-state index in [9.17, 15) is 14.7 Å². The number of rotatable bonds is 5. The summed E-state index contributed by atoms with van der Waals surface area (Å²) in [5, 5.41) is 9.42. The van der Waals surface area contributed by atoms with Crippen LogP contribution in [0.1, 0.15) is 25.3 Å². The second kappa shape index (κ2) is 6.72. The van der Waals surface area contributed by atoms with Crippen LogP contribution >= 0.6 is 0 Å². The molecular formula is C16H21NO4. The molecule has 1 fully saturated rings. The van der Waals surface area contributed by atoms with E-state index in [-0.39, 0.29) is 18.4 Å². The van der Waals surface area contributed by atoms with Gasteiger partial charge in [-0.2, -0.15) is 0 Å². The smallest absolute Gasteiger partial charge is 0.308 e. The maximum atomic E-state index is 12.3. The van der Waals surface area contributed by atoms with Crippen molar-refractivity contribution in [3.63, 3.8) is 0 Å². The lowest BCUT2D eigenvalue weighted by Gasteiger charge is -2.20. The van der Waals surface area contributed by atoms with Crippen molar-refractivity contribution in [2.24, 2.45) is 5.92 Å². The highest BCUT2D eigenvalue weighted by atomic mass is 16.5. The first-order chi connectivity index (χ1) is 10.0. The van der Waals surface area contributed by atoms with Crippen molar-refractivity contribution in [1.29, 1.82) is 0 Å². The number of hydrogen-bond acceptors (Lipinski definition) is 3. The van der Waals surface area contributed by atoms with Gasteiger partial charge in [-0.05, 0) is 19.4 Å². The van der Waals surface area contributed by atoms with Crippen LogP contribution in [0.15, 0.2) is 30.3 Å². The van der Waals surface area contributed by atoms with Gasteiger partial charge in [0, 0.05) is 25.6 Å². The lowest BCUT2D eigenvalue weighted by atomic mass is 9.89. The molecule has 0 aliphatic carbocycles. The number of carbonyl (C=O) groups excluding carboxylic acids is 1. The van der Waals surface area contributed by atoms with Gasteiger partial charge in [-0.3, -0.25) is 9.59 Å². The van der Waals surface area contributed by atoms with E-state index in [1.807, 2.05) is 37.3 Å². The van der Waals surface area contributed by atoms with Gasteiger partial charge in [0.25, 0.3) is 5.91 Å². The van der Waals surface area contributed by atoms with Crippen molar-refractivity contribution in [1.82, 2.24) is 4.90 Å². The molecule has 1 N–H and O–H groups in total. The third-order valence-electron chi connectivity index (χ3n) is 3.94. The third kappa shape index (κ3) is 3.42. The number of carbonyl (C=O) groups is 2. The molecule has 1 heterocycles. The average Bonchev–Trinajstić information content (AvgIpc) is 2.93. The fraction of sp³-hybridized carbons (Fsp3) is 0.500. The Balaban J connectivity index is 2.16. The van der Waals surface area contributed by atoms with Crippen LogP contribution in [0.5, 0.6) is 0 Å². The molecule has 0 bridgehead atoms. The molecule has 5 nitrogen and oxygen atoms in total. The van der Waals surface area contributed by atoms with E-state index >= 15 is 0 Å². The largest absolute Gasteiger partial charge is 0.481 e. The summed E-state index contributed by atoms with van der Waals surface area (Å²) >= 11 is 0. The third-order valence-corrected chi connectivity index (χ3v) is 3.94. The molecule has 1 aliphatic heterocycles. The highest BCUT2D eigenvalue weighted by Gasteiger charge is 2.41. The zero-order chi connectivity index (χ0) is 15.4. The highest BCUT2D eigenvalue weighted by Crippen LogP contribution is 2.33. The standard InChI is InChI=1S/C16H21NO4/c1-3-21-11(2)15(18)17-9-13(14(10-17)16(19)20)12-7-5-4-6-8-12/h4-8,11,13-14H,3,9-10H2,1-2H3,(H,19,20)/t11?,13-,14-/m0/s1. The van der Waals surface area contributed by atoms with Gasteiger partial charge >= 0.3 is 5.97 Å². The number of benzene rings is 1. The van der Waals surface area contributed by atoms with E-state index in [0.717, 1.165) is 5.56 Å². The van der Waals surface area contributed by atoms with Gasteiger partial charge < -0.3 is 14.7 Å². The van der Waals surface area contributed by atoms with Crippen molar-refractivity contribution in [3.05, 3.63) is 35.9 Å². The van der Waals surface area contributed by atoms with Gasteiger partial charge in [0.2, 0.25) is 0 Å². The van der Waals surface area contributed by atoms with E-state index in [1.165, 1.54) is 0 Å². The molecule has 3 atom stereocenters. The molecule has 21 heavy (non-hydrogen) atoms. The highest BCUT2D eigenvalue weighted by molar-refractivity contribution is 5.82. The van der Waals surface area contributed by atoms with Crippen LogP contribution in [-0.4, -0.2) is 47.7 Å². The van der Waals surface area contributed by atoms with Gasteiger partial charge in [0.15, 0.2) is 0 Å². The first-order valence-electron chi connectivity index (χ1n) is 7.22. The monoisotopic (exact) mass is 291 g/mol. The zero-order valence-corrected chi connectivity index (χ0v) is 12.4. The summed E-state index contributed by atoms with van der Waals surface area (Å²) < 4.78 is 5.31. The maximum absolute atomic E-state index is 12.3. The molecule has 1 unspecified atom stereocenters. The van der Waals surface area contributed by atoms with Crippen LogP contribution in [0.2, 0.25) is 0 Å². The average molecular weight is 291 g/mol. The van der Waals surface area contributed by atoms with E-state index in [0.29, 0.717) is 13.2 Å². The van der Waals surface area contributed by atoms with Gasteiger partial charge in [-0.1, -0.05) is 30.3 Å². The van der Waals surface area contributed by atoms with Crippen LogP contribution in [0, 0.1) is 5.92 Å². The molecule has 1 aromatic carbocycles. The van der Waals surface area contributed by atoms with Crippen molar-refractivity contribution >= 4 is 11.9 Å². The Hall–Kier alpha value is -1.88. The van der Waals surface area contributed by atoms with Crippen molar-refractivity contribution in [2.45, 2.75) is 25.9 Å². The first kappa shape index (κ1) is 15.5. The van der Waals surface area contributed by atoms with Gasteiger partial charge in [-0.15, -0.1) is 0 Å². The molecule has 5 heteroatoms. The number of nitrogens with zero attached hydrogens (tertiary/aromatic N) is 1. The van der Waals surface area contributed by atoms with Crippen molar-refractivity contribution in [2.75, 3.05) is 19.7 Å². The Morgan fingerprint density at radius 1 is 1.33 bits per heavy atom. The summed E-state index contributed by atoms with van der Waals surface area (Å²) in [6.07, 6.45) is -0.529. The van der Waals surface area contributed by atoms with Crippen LogP contribution in [0.4, 0.5) is 0 Å². The van der Waals surface area contributed by atoms with E-state index in [2.05, 4.69) is 0 Å². The molecule has 0 aromatic heterocycles. The second-order valence-electron chi connectivity index (χ2n) is 5.30. The topological polar surface area (TPSA) is 66.8 Å². The molecule has 1 amide bonds. The molecule has 1 saturated heterocycles. The number of ether oxygens (including phenoxy) is 1. The summed E-state index contributed by atoms with van der Waals surface area (Å²) in [5.74, 6) is -1.73. The van der Waals surface area contributed by atoms with Gasteiger partial charge in [0.05, 0.1) is 5.92 Å². The SMILES string of the molecule is CCOC(C)C(=O)N1C[C@H](C(=O)O)[C@H](c2ccccc2)C1. The molecule has 114 valence electrons. The molecule has 1 aliphatic rings. The maximum Gasteiger partial charge on any atom is 0.308 e. The summed E-state index contributed by atoms with van der Waals surface area (Å²) in [5.41, 5.74) is 0.962. The lowest BCUT2D eigenvalue weighted by molar-refractivity contribution is -0.143. The molecule has 0 spiro atoms. The van der Waals surface area contributed by atoms with E-state index in [1.54, 1.807) is 11.8 Å². The summed E-state index contributed by atoms with van der Waals surface area (Å²) in [7, 11) is 0. The molecular weight excluding hydrogens is 270 g/mol. The summed E-state index contributed by atoms with van der Waals surface area (Å²) in [6.45, 7) is 4.67. The number of carboxylic acids is 1. The fourth-order valence-corrected chi connectivity index (χ4v) is 2.85. The minimum Gasteiger partial charge on any atom is -0.481 e. The lowest BCUT2D eigenvalue weighted by Crippen LogP contribution is -2.38. The Morgan fingerprint density at radius 3 is 2.57 bits per heavy atom. The predicted molar refractivity (Wildman–Crippen MR) is 78.0 cm³/mol. The molecule has 2 rings (SSSR count). The number of hydrogen-bond donors (Lipinski definition) is 1. The van der Waals surface area contributed by atoms with Crippen molar-refractivity contribution in [3.8, 4) is 0 Å². The van der Waals surface area contributed by atoms with Crippen LogP contribution in [0.3, 0.4) is 0 Å². The number of likely N-dealkylation sites (tertiary alicyclic amines) is 1. The van der Waals surface area contributed by atoms with E-state index in [4.69, 9.17) is 4.74 Å². The normalized spacial score (nSPS) is 23.0. The minimum absolute atomic E-state index is 0.137.